The van der Waals surface area contributed by atoms with Gasteiger partial charge in [-0.2, -0.15) is 0 Å². The lowest BCUT2D eigenvalue weighted by Crippen LogP contribution is -2.21. The second-order valence-electron chi connectivity index (χ2n) is 4.58. The number of aromatic nitrogens is 1. The molecule has 2 nitrogen and oxygen atoms in total. The minimum absolute atomic E-state index is 0.0885. The standard InChI is InChI=1S/C12H21NOS/c1-4-6-12(3,8-14)7-5-11-10(2)13-9-15-11/h9,14H,4-8H2,1-3H3. The van der Waals surface area contributed by atoms with Gasteiger partial charge in [-0.05, 0) is 31.6 Å². The summed E-state index contributed by atoms with van der Waals surface area (Å²) in [6.07, 6.45) is 4.34. The van der Waals surface area contributed by atoms with Gasteiger partial charge >= 0.3 is 0 Å². The number of thiazole rings is 1. The summed E-state index contributed by atoms with van der Waals surface area (Å²) in [5, 5.41) is 9.40. The number of hydrogen-bond acceptors (Lipinski definition) is 3. The van der Waals surface area contributed by atoms with Gasteiger partial charge in [-0.15, -0.1) is 11.3 Å². The Morgan fingerprint density at radius 3 is 2.67 bits per heavy atom. The molecule has 1 heterocycles. The van der Waals surface area contributed by atoms with E-state index in [0.29, 0.717) is 6.61 Å². The van der Waals surface area contributed by atoms with Gasteiger partial charge in [-0.1, -0.05) is 20.3 Å². The van der Waals surface area contributed by atoms with Crippen molar-refractivity contribution in [2.24, 2.45) is 5.41 Å². The predicted octanol–water partition coefficient (Wildman–Crippen LogP) is 3.18. The molecule has 15 heavy (non-hydrogen) atoms. The SMILES string of the molecule is CCCC(C)(CO)CCc1scnc1C. The third kappa shape index (κ3) is 3.58. The van der Waals surface area contributed by atoms with E-state index in [9.17, 15) is 5.11 Å². The van der Waals surface area contributed by atoms with Crippen molar-refractivity contribution in [3.8, 4) is 0 Å². The van der Waals surface area contributed by atoms with E-state index in [0.717, 1.165) is 31.4 Å². The lowest BCUT2D eigenvalue weighted by molar-refractivity contribution is 0.122. The average molecular weight is 227 g/mol. The molecule has 1 aromatic heterocycles. The fourth-order valence-corrected chi connectivity index (χ4v) is 2.65. The summed E-state index contributed by atoms with van der Waals surface area (Å²) in [5.41, 5.74) is 3.14. The van der Waals surface area contributed by atoms with Gasteiger partial charge in [0.25, 0.3) is 0 Å². The van der Waals surface area contributed by atoms with Gasteiger partial charge in [0.15, 0.2) is 0 Å². The zero-order chi connectivity index (χ0) is 11.3. The van der Waals surface area contributed by atoms with Crippen molar-refractivity contribution in [2.45, 2.75) is 46.5 Å². The highest BCUT2D eigenvalue weighted by atomic mass is 32.1. The van der Waals surface area contributed by atoms with E-state index in [4.69, 9.17) is 0 Å². The normalized spacial score (nSPS) is 15.2. The lowest BCUT2D eigenvalue weighted by atomic mass is 9.82. The maximum Gasteiger partial charge on any atom is 0.0797 e. The van der Waals surface area contributed by atoms with Crippen molar-refractivity contribution in [2.75, 3.05) is 6.61 Å². The van der Waals surface area contributed by atoms with Gasteiger partial charge < -0.3 is 5.11 Å². The van der Waals surface area contributed by atoms with Crippen LogP contribution in [-0.2, 0) is 6.42 Å². The molecule has 3 heteroatoms. The molecule has 0 radical (unpaired) electrons. The molecule has 0 aliphatic carbocycles. The number of aliphatic hydroxyl groups excluding tert-OH is 1. The quantitative estimate of drug-likeness (QED) is 0.809. The third-order valence-corrected chi connectivity index (χ3v) is 4.03. The van der Waals surface area contributed by atoms with Gasteiger partial charge in [-0.25, -0.2) is 4.98 Å². The summed E-state index contributed by atoms with van der Waals surface area (Å²) >= 11 is 1.73. The summed E-state index contributed by atoms with van der Waals surface area (Å²) in [6, 6.07) is 0. The Balaban J connectivity index is 2.51. The molecule has 0 fully saturated rings. The van der Waals surface area contributed by atoms with Gasteiger partial charge in [-0.3, -0.25) is 0 Å². The predicted molar refractivity (Wildman–Crippen MR) is 65.3 cm³/mol. The van der Waals surface area contributed by atoms with Crippen LogP contribution < -0.4 is 0 Å². The molecule has 1 unspecified atom stereocenters. The summed E-state index contributed by atoms with van der Waals surface area (Å²) in [6.45, 7) is 6.69. The Hall–Kier alpha value is -0.410. The maximum absolute atomic E-state index is 9.40. The van der Waals surface area contributed by atoms with Gasteiger partial charge in [0.1, 0.15) is 0 Å². The fourth-order valence-electron chi connectivity index (χ4n) is 1.87. The van der Waals surface area contributed by atoms with Crippen LogP contribution in [0.4, 0.5) is 0 Å². The second kappa shape index (κ2) is 5.61. The van der Waals surface area contributed by atoms with Gasteiger partial charge in [0.2, 0.25) is 0 Å². The molecular weight excluding hydrogens is 206 g/mol. The Morgan fingerprint density at radius 2 is 2.20 bits per heavy atom. The van der Waals surface area contributed by atoms with Crippen molar-refractivity contribution < 1.29 is 5.11 Å². The molecule has 0 saturated heterocycles. The minimum Gasteiger partial charge on any atom is -0.396 e. The topological polar surface area (TPSA) is 33.1 Å². The van der Waals surface area contributed by atoms with Crippen molar-refractivity contribution in [3.05, 3.63) is 16.1 Å². The Morgan fingerprint density at radius 1 is 1.47 bits per heavy atom. The van der Waals surface area contributed by atoms with E-state index in [2.05, 4.69) is 25.8 Å². The number of nitrogens with zero attached hydrogens (tertiary/aromatic N) is 1. The maximum atomic E-state index is 9.40. The molecular formula is C12H21NOS. The van der Waals surface area contributed by atoms with E-state index >= 15 is 0 Å². The Kier molecular flexibility index (Phi) is 4.74. The summed E-state index contributed by atoms with van der Waals surface area (Å²) in [4.78, 5) is 5.61. The number of aliphatic hydroxyl groups is 1. The Bertz CT molecular complexity index is 298. The van der Waals surface area contributed by atoms with Crippen LogP contribution in [0.2, 0.25) is 0 Å². The van der Waals surface area contributed by atoms with Crippen LogP contribution in [0.3, 0.4) is 0 Å². The molecule has 86 valence electrons. The lowest BCUT2D eigenvalue weighted by Gasteiger charge is -2.26. The van der Waals surface area contributed by atoms with E-state index < -0.39 is 0 Å². The first kappa shape index (κ1) is 12.7. The zero-order valence-corrected chi connectivity index (χ0v) is 10.7. The van der Waals surface area contributed by atoms with Crippen molar-refractivity contribution >= 4 is 11.3 Å². The molecule has 1 aromatic rings. The van der Waals surface area contributed by atoms with E-state index in [1.165, 1.54) is 4.88 Å². The summed E-state index contributed by atoms with van der Waals surface area (Å²) < 4.78 is 0. The van der Waals surface area contributed by atoms with Gasteiger partial charge in [0, 0.05) is 11.5 Å². The number of hydrogen-bond donors (Lipinski definition) is 1. The molecule has 0 amide bonds. The van der Waals surface area contributed by atoms with Gasteiger partial charge in [0.05, 0.1) is 11.2 Å². The van der Waals surface area contributed by atoms with Crippen LogP contribution >= 0.6 is 11.3 Å². The highest BCUT2D eigenvalue weighted by Crippen LogP contribution is 2.29. The monoisotopic (exact) mass is 227 g/mol. The first-order valence-corrected chi connectivity index (χ1v) is 6.49. The van der Waals surface area contributed by atoms with Crippen LogP contribution in [0.15, 0.2) is 5.51 Å². The minimum atomic E-state index is 0.0885. The van der Waals surface area contributed by atoms with E-state index in [1.54, 1.807) is 11.3 Å². The molecule has 0 aliphatic heterocycles. The molecule has 1 atom stereocenters. The summed E-state index contributed by atoms with van der Waals surface area (Å²) in [5.74, 6) is 0. The van der Waals surface area contributed by atoms with Crippen molar-refractivity contribution in [1.82, 2.24) is 4.98 Å². The summed E-state index contributed by atoms with van der Waals surface area (Å²) in [7, 11) is 0. The third-order valence-electron chi connectivity index (χ3n) is 3.04. The first-order chi connectivity index (χ1) is 7.11. The molecule has 1 rings (SSSR count). The highest BCUT2D eigenvalue weighted by molar-refractivity contribution is 7.09. The van der Waals surface area contributed by atoms with Crippen LogP contribution in [0.5, 0.6) is 0 Å². The molecule has 1 N–H and O–H groups in total. The van der Waals surface area contributed by atoms with Crippen LogP contribution in [0.1, 0.15) is 43.7 Å². The molecule has 0 aromatic carbocycles. The van der Waals surface area contributed by atoms with Crippen molar-refractivity contribution in [1.29, 1.82) is 0 Å². The molecule has 0 bridgehead atoms. The zero-order valence-electron chi connectivity index (χ0n) is 9.92. The van der Waals surface area contributed by atoms with E-state index in [-0.39, 0.29) is 5.41 Å². The van der Waals surface area contributed by atoms with Crippen molar-refractivity contribution in [3.63, 3.8) is 0 Å². The molecule has 0 saturated carbocycles. The van der Waals surface area contributed by atoms with Crippen LogP contribution in [-0.4, -0.2) is 16.7 Å². The van der Waals surface area contributed by atoms with E-state index in [1.807, 2.05) is 5.51 Å². The molecule has 0 spiro atoms. The second-order valence-corrected chi connectivity index (χ2v) is 5.52. The fraction of sp³-hybridized carbons (Fsp3) is 0.750. The molecule has 0 aliphatic rings. The largest absolute Gasteiger partial charge is 0.396 e. The number of rotatable bonds is 6. The van der Waals surface area contributed by atoms with Crippen LogP contribution in [0.25, 0.3) is 0 Å². The highest BCUT2D eigenvalue weighted by Gasteiger charge is 2.22. The Labute approximate surface area is 96.4 Å². The average Bonchev–Trinajstić information content (AvgIpc) is 2.62. The number of aryl methyl sites for hydroxylation is 2. The van der Waals surface area contributed by atoms with Crippen LogP contribution in [0, 0.1) is 12.3 Å². The smallest absolute Gasteiger partial charge is 0.0797 e. The first-order valence-electron chi connectivity index (χ1n) is 5.61.